The van der Waals surface area contributed by atoms with Crippen LogP contribution in [-0.2, 0) is 4.79 Å². The van der Waals surface area contributed by atoms with Crippen molar-refractivity contribution < 1.29 is 14.5 Å². The van der Waals surface area contributed by atoms with E-state index in [4.69, 9.17) is 0 Å². The number of aryl methyl sites for hydroxylation is 2. The Kier molecular flexibility index (Phi) is 4.71. The zero-order chi connectivity index (χ0) is 18.8. The van der Waals surface area contributed by atoms with Gasteiger partial charge in [0.15, 0.2) is 0 Å². The standard InChI is InChI=1S/C19H19N3O4/c1-12-6-7-16(8-13(12)2)21-11-15(10-18(21)23)20-19(24)14-4-3-5-17(9-14)22(25)26/h3-9,15H,10-11H2,1-2H3,(H,20,24). The number of hydrogen-bond donors (Lipinski definition) is 1. The monoisotopic (exact) mass is 353 g/mol. The quantitative estimate of drug-likeness (QED) is 0.676. The van der Waals surface area contributed by atoms with Gasteiger partial charge >= 0.3 is 0 Å². The molecular formula is C19H19N3O4. The number of nitrogens with zero attached hydrogens (tertiary/aromatic N) is 2. The second-order valence-electron chi connectivity index (χ2n) is 6.45. The van der Waals surface area contributed by atoms with E-state index in [1.54, 1.807) is 4.90 Å². The third-order valence-corrected chi connectivity index (χ3v) is 4.58. The topological polar surface area (TPSA) is 92.6 Å². The number of amides is 2. The first-order valence-corrected chi connectivity index (χ1v) is 8.28. The van der Waals surface area contributed by atoms with Crippen LogP contribution in [0, 0.1) is 24.0 Å². The van der Waals surface area contributed by atoms with Gasteiger partial charge in [-0.3, -0.25) is 19.7 Å². The highest BCUT2D eigenvalue weighted by molar-refractivity contribution is 5.99. The average molecular weight is 353 g/mol. The molecular weight excluding hydrogens is 334 g/mol. The Morgan fingerprint density at radius 3 is 2.65 bits per heavy atom. The van der Waals surface area contributed by atoms with E-state index in [0.717, 1.165) is 16.8 Å². The van der Waals surface area contributed by atoms with Crippen LogP contribution in [0.15, 0.2) is 42.5 Å². The molecule has 1 atom stereocenters. The van der Waals surface area contributed by atoms with Gasteiger partial charge in [0.2, 0.25) is 5.91 Å². The van der Waals surface area contributed by atoms with Crippen molar-refractivity contribution in [3.8, 4) is 0 Å². The maximum atomic E-state index is 12.4. The summed E-state index contributed by atoms with van der Waals surface area (Å²) in [5, 5.41) is 13.6. The van der Waals surface area contributed by atoms with E-state index in [1.165, 1.54) is 24.3 Å². The van der Waals surface area contributed by atoms with E-state index in [9.17, 15) is 19.7 Å². The smallest absolute Gasteiger partial charge is 0.270 e. The van der Waals surface area contributed by atoms with Crippen molar-refractivity contribution in [2.45, 2.75) is 26.3 Å². The molecule has 0 aromatic heterocycles. The first-order valence-electron chi connectivity index (χ1n) is 8.28. The summed E-state index contributed by atoms with van der Waals surface area (Å²) in [6.07, 6.45) is 0.202. The van der Waals surface area contributed by atoms with Gasteiger partial charge < -0.3 is 10.2 Å². The summed E-state index contributed by atoms with van der Waals surface area (Å²) in [5.74, 6) is -0.481. The molecule has 2 aromatic rings. The normalized spacial score (nSPS) is 16.6. The molecule has 1 saturated heterocycles. The SMILES string of the molecule is Cc1ccc(N2CC(NC(=O)c3cccc([N+](=O)[O-])c3)CC2=O)cc1C. The summed E-state index contributed by atoms with van der Waals surface area (Å²) in [4.78, 5) is 36.6. The molecule has 1 aliphatic heterocycles. The summed E-state index contributed by atoms with van der Waals surface area (Å²) >= 11 is 0. The zero-order valence-corrected chi connectivity index (χ0v) is 14.6. The second-order valence-corrected chi connectivity index (χ2v) is 6.45. The lowest BCUT2D eigenvalue weighted by molar-refractivity contribution is -0.384. The van der Waals surface area contributed by atoms with Gasteiger partial charge in [-0.05, 0) is 43.2 Å². The van der Waals surface area contributed by atoms with Gasteiger partial charge in [-0.25, -0.2) is 0 Å². The van der Waals surface area contributed by atoms with Gasteiger partial charge in [0.25, 0.3) is 11.6 Å². The molecule has 1 aliphatic rings. The molecule has 134 valence electrons. The molecule has 7 heteroatoms. The molecule has 0 saturated carbocycles. The summed E-state index contributed by atoms with van der Waals surface area (Å²) in [6.45, 7) is 4.37. The van der Waals surface area contributed by atoms with Gasteiger partial charge in [0.05, 0.1) is 11.0 Å². The van der Waals surface area contributed by atoms with E-state index in [1.807, 2.05) is 32.0 Å². The fourth-order valence-corrected chi connectivity index (χ4v) is 2.98. The second kappa shape index (κ2) is 6.95. The number of benzene rings is 2. The Morgan fingerprint density at radius 1 is 1.19 bits per heavy atom. The molecule has 7 nitrogen and oxygen atoms in total. The molecule has 0 radical (unpaired) electrons. The van der Waals surface area contributed by atoms with Gasteiger partial charge in [-0.1, -0.05) is 12.1 Å². The molecule has 1 fully saturated rings. The van der Waals surface area contributed by atoms with Crippen molar-refractivity contribution in [2.24, 2.45) is 0 Å². The van der Waals surface area contributed by atoms with Crippen LogP contribution in [0.1, 0.15) is 27.9 Å². The Morgan fingerprint density at radius 2 is 1.96 bits per heavy atom. The predicted molar refractivity (Wildman–Crippen MR) is 97.2 cm³/mol. The lowest BCUT2D eigenvalue weighted by Gasteiger charge is -2.18. The zero-order valence-electron chi connectivity index (χ0n) is 14.6. The number of carbonyl (C=O) groups is 2. The molecule has 0 spiro atoms. The van der Waals surface area contributed by atoms with E-state index < -0.39 is 10.8 Å². The highest BCUT2D eigenvalue weighted by Gasteiger charge is 2.32. The summed E-state index contributed by atoms with van der Waals surface area (Å²) in [5.41, 5.74) is 3.12. The van der Waals surface area contributed by atoms with E-state index in [0.29, 0.717) is 6.54 Å². The molecule has 1 N–H and O–H groups in total. The number of carbonyl (C=O) groups excluding carboxylic acids is 2. The minimum absolute atomic E-state index is 0.0578. The van der Waals surface area contributed by atoms with Crippen molar-refractivity contribution in [3.63, 3.8) is 0 Å². The summed E-state index contributed by atoms with van der Waals surface area (Å²) in [6, 6.07) is 11.0. The molecule has 3 rings (SSSR count). The lowest BCUT2D eigenvalue weighted by Crippen LogP contribution is -2.37. The Balaban J connectivity index is 1.71. The molecule has 26 heavy (non-hydrogen) atoms. The lowest BCUT2D eigenvalue weighted by atomic mass is 10.1. The molecule has 0 aliphatic carbocycles. The van der Waals surface area contributed by atoms with Crippen LogP contribution in [0.4, 0.5) is 11.4 Å². The summed E-state index contributed by atoms with van der Waals surface area (Å²) < 4.78 is 0. The Bertz CT molecular complexity index is 894. The fourth-order valence-electron chi connectivity index (χ4n) is 2.98. The van der Waals surface area contributed by atoms with Crippen LogP contribution in [-0.4, -0.2) is 29.3 Å². The number of hydrogen-bond acceptors (Lipinski definition) is 4. The molecule has 2 aromatic carbocycles. The van der Waals surface area contributed by atoms with Crippen LogP contribution < -0.4 is 10.2 Å². The van der Waals surface area contributed by atoms with Crippen molar-refractivity contribution in [1.82, 2.24) is 5.32 Å². The number of rotatable bonds is 4. The van der Waals surface area contributed by atoms with Crippen molar-refractivity contribution in [3.05, 3.63) is 69.3 Å². The van der Waals surface area contributed by atoms with Gasteiger partial charge in [0.1, 0.15) is 0 Å². The van der Waals surface area contributed by atoms with Crippen molar-refractivity contribution in [1.29, 1.82) is 0 Å². The Labute approximate surface area is 150 Å². The predicted octanol–water partition coefficient (Wildman–Crippen LogP) is 2.75. The van der Waals surface area contributed by atoms with E-state index >= 15 is 0 Å². The first kappa shape index (κ1) is 17.6. The third kappa shape index (κ3) is 3.56. The Hall–Kier alpha value is -3.22. The first-order chi connectivity index (χ1) is 12.3. The number of anilines is 1. The van der Waals surface area contributed by atoms with E-state index in [2.05, 4.69) is 5.32 Å². The van der Waals surface area contributed by atoms with Crippen LogP contribution in [0.2, 0.25) is 0 Å². The highest BCUT2D eigenvalue weighted by atomic mass is 16.6. The van der Waals surface area contributed by atoms with Crippen LogP contribution >= 0.6 is 0 Å². The number of nitro groups is 1. The van der Waals surface area contributed by atoms with Gasteiger partial charge in [-0.15, -0.1) is 0 Å². The molecule has 0 bridgehead atoms. The summed E-state index contributed by atoms with van der Waals surface area (Å²) in [7, 11) is 0. The largest absolute Gasteiger partial charge is 0.347 e. The molecule has 1 heterocycles. The van der Waals surface area contributed by atoms with Crippen LogP contribution in [0.3, 0.4) is 0 Å². The van der Waals surface area contributed by atoms with Gasteiger partial charge in [-0.2, -0.15) is 0 Å². The van der Waals surface area contributed by atoms with E-state index in [-0.39, 0.29) is 29.6 Å². The minimum atomic E-state index is -0.544. The average Bonchev–Trinajstić information content (AvgIpc) is 2.97. The van der Waals surface area contributed by atoms with Crippen LogP contribution in [0.25, 0.3) is 0 Å². The fraction of sp³-hybridized carbons (Fsp3) is 0.263. The number of non-ortho nitro benzene ring substituents is 1. The number of nitrogens with one attached hydrogen (secondary N) is 1. The van der Waals surface area contributed by atoms with Crippen molar-refractivity contribution >= 4 is 23.2 Å². The molecule has 2 amide bonds. The molecule has 1 unspecified atom stereocenters. The minimum Gasteiger partial charge on any atom is -0.347 e. The highest BCUT2D eigenvalue weighted by Crippen LogP contribution is 2.24. The van der Waals surface area contributed by atoms with Crippen LogP contribution in [0.5, 0.6) is 0 Å². The maximum Gasteiger partial charge on any atom is 0.270 e. The van der Waals surface area contributed by atoms with Gasteiger partial charge in [0, 0.05) is 36.3 Å². The maximum absolute atomic E-state index is 12.4. The number of nitro benzene ring substituents is 1. The van der Waals surface area contributed by atoms with Crippen molar-refractivity contribution in [2.75, 3.05) is 11.4 Å². The third-order valence-electron chi connectivity index (χ3n) is 4.58.